The summed E-state index contributed by atoms with van der Waals surface area (Å²) in [6.07, 6.45) is 0.163. The number of methoxy groups -OCH3 is 2. The third-order valence-electron chi connectivity index (χ3n) is 2.34. The van der Waals surface area contributed by atoms with E-state index in [2.05, 4.69) is 0 Å². The highest BCUT2D eigenvalue weighted by Gasteiger charge is 2.13. The fraction of sp³-hybridized carbons (Fsp3) is 0.417. The molecule has 0 unspecified atom stereocenters. The average Bonchev–Trinajstić information content (AvgIpc) is 2.39. The Labute approximate surface area is 106 Å². The number of carbonyl (C=O) groups excluding carboxylic acids is 1. The summed E-state index contributed by atoms with van der Waals surface area (Å²) < 4.78 is 16.0. The van der Waals surface area contributed by atoms with Crippen molar-refractivity contribution in [2.45, 2.75) is 13.3 Å². The van der Waals surface area contributed by atoms with E-state index in [9.17, 15) is 4.79 Å². The molecule has 1 amide bonds. The number of benzene rings is 1. The normalized spacial score (nSPS) is 9.78. The molecule has 100 valence electrons. The Morgan fingerprint density at radius 2 is 1.83 bits per heavy atom. The molecule has 0 aromatic heterocycles. The summed E-state index contributed by atoms with van der Waals surface area (Å²) in [5.41, 5.74) is 3.03. The SMILES string of the molecule is COc1cc(C)cc(OC)c1OCCC(=O)NN. The fourth-order valence-electron chi connectivity index (χ4n) is 1.47. The Bertz CT molecular complexity index is 396. The topological polar surface area (TPSA) is 82.8 Å². The van der Waals surface area contributed by atoms with Crippen molar-refractivity contribution in [1.82, 2.24) is 5.43 Å². The molecule has 0 saturated heterocycles. The van der Waals surface area contributed by atoms with Crippen LogP contribution in [0.2, 0.25) is 0 Å². The molecule has 0 aliphatic heterocycles. The molecule has 0 aliphatic rings. The summed E-state index contributed by atoms with van der Waals surface area (Å²) in [5, 5.41) is 0. The second kappa shape index (κ2) is 6.70. The van der Waals surface area contributed by atoms with Crippen LogP contribution in [0.4, 0.5) is 0 Å². The Morgan fingerprint density at radius 1 is 1.28 bits per heavy atom. The lowest BCUT2D eigenvalue weighted by Gasteiger charge is -2.15. The standard InChI is InChI=1S/C12H18N2O4/c1-8-6-9(16-2)12(10(7-8)17-3)18-5-4-11(15)14-13/h6-7H,4-5,13H2,1-3H3,(H,14,15). The van der Waals surface area contributed by atoms with Gasteiger partial charge in [0.15, 0.2) is 11.5 Å². The monoisotopic (exact) mass is 254 g/mol. The first-order valence-electron chi connectivity index (χ1n) is 5.47. The predicted octanol–water partition coefficient (Wildman–Crippen LogP) is 0.771. The number of hydrogen-bond acceptors (Lipinski definition) is 5. The van der Waals surface area contributed by atoms with Crippen molar-refractivity contribution >= 4 is 5.91 Å². The third kappa shape index (κ3) is 3.53. The van der Waals surface area contributed by atoms with Crippen LogP contribution in [0.3, 0.4) is 0 Å². The molecule has 1 aromatic carbocycles. The van der Waals surface area contributed by atoms with Crippen LogP contribution in [0.15, 0.2) is 12.1 Å². The first-order chi connectivity index (χ1) is 8.62. The molecule has 1 aromatic rings. The van der Waals surface area contributed by atoms with Gasteiger partial charge in [0.2, 0.25) is 11.7 Å². The van der Waals surface area contributed by atoms with Crippen LogP contribution in [0.5, 0.6) is 17.2 Å². The lowest BCUT2D eigenvalue weighted by molar-refractivity contribution is -0.121. The van der Waals surface area contributed by atoms with Crippen LogP contribution in [0.1, 0.15) is 12.0 Å². The number of hydrazine groups is 1. The highest BCUT2D eigenvalue weighted by Crippen LogP contribution is 2.38. The molecule has 0 atom stereocenters. The molecule has 0 bridgehead atoms. The zero-order chi connectivity index (χ0) is 13.5. The van der Waals surface area contributed by atoms with Crippen molar-refractivity contribution in [3.8, 4) is 17.2 Å². The number of ether oxygens (including phenoxy) is 3. The van der Waals surface area contributed by atoms with E-state index in [4.69, 9.17) is 20.1 Å². The van der Waals surface area contributed by atoms with Crippen LogP contribution in [0, 0.1) is 6.92 Å². The van der Waals surface area contributed by atoms with Gasteiger partial charge in [0.05, 0.1) is 27.2 Å². The van der Waals surface area contributed by atoms with Gasteiger partial charge in [-0.05, 0) is 24.6 Å². The van der Waals surface area contributed by atoms with Crippen molar-refractivity contribution in [1.29, 1.82) is 0 Å². The Balaban J connectivity index is 2.82. The summed E-state index contributed by atoms with van der Waals surface area (Å²) >= 11 is 0. The quantitative estimate of drug-likeness (QED) is 0.445. The molecule has 0 saturated carbocycles. The van der Waals surface area contributed by atoms with Gasteiger partial charge in [-0.2, -0.15) is 0 Å². The van der Waals surface area contributed by atoms with E-state index in [-0.39, 0.29) is 18.9 Å². The van der Waals surface area contributed by atoms with Crippen molar-refractivity contribution in [2.24, 2.45) is 5.84 Å². The minimum atomic E-state index is -0.292. The molecule has 6 heteroatoms. The van der Waals surface area contributed by atoms with Crippen LogP contribution >= 0.6 is 0 Å². The average molecular weight is 254 g/mol. The van der Waals surface area contributed by atoms with Gasteiger partial charge in [0.1, 0.15) is 0 Å². The zero-order valence-electron chi connectivity index (χ0n) is 10.8. The van der Waals surface area contributed by atoms with Crippen LogP contribution in [-0.2, 0) is 4.79 Å². The van der Waals surface area contributed by atoms with Crippen molar-refractivity contribution in [3.05, 3.63) is 17.7 Å². The van der Waals surface area contributed by atoms with Crippen LogP contribution < -0.4 is 25.5 Å². The summed E-state index contributed by atoms with van der Waals surface area (Å²) in [4.78, 5) is 11.0. The molecule has 0 radical (unpaired) electrons. The lowest BCUT2D eigenvalue weighted by Crippen LogP contribution is -2.31. The number of aryl methyl sites for hydroxylation is 1. The second-order valence-electron chi connectivity index (χ2n) is 3.66. The molecule has 3 N–H and O–H groups in total. The summed E-state index contributed by atoms with van der Waals surface area (Å²) in [6, 6.07) is 3.67. The number of carbonyl (C=O) groups is 1. The lowest BCUT2D eigenvalue weighted by atomic mass is 10.2. The number of nitrogens with one attached hydrogen (secondary N) is 1. The van der Waals surface area contributed by atoms with Gasteiger partial charge in [0.25, 0.3) is 0 Å². The van der Waals surface area contributed by atoms with Crippen LogP contribution in [-0.4, -0.2) is 26.7 Å². The summed E-state index contributed by atoms with van der Waals surface area (Å²) in [6.45, 7) is 2.12. The van der Waals surface area contributed by atoms with E-state index in [1.807, 2.05) is 24.5 Å². The molecule has 0 fully saturated rings. The second-order valence-corrected chi connectivity index (χ2v) is 3.66. The first-order valence-corrected chi connectivity index (χ1v) is 5.47. The van der Waals surface area contributed by atoms with Crippen molar-refractivity contribution in [3.63, 3.8) is 0 Å². The minimum Gasteiger partial charge on any atom is -0.493 e. The number of rotatable bonds is 6. The van der Waals surface area contributed by atoms with Crippen molar-refractivity contribution in [2.75, 3.05) is 20.8 Å². The molecule has 18 heavy (non-hydrogen) atoms. The van der Waals surface area contributed by atoms with Gasteiger partial charge < -0.3 is 14.2 Å². The molecule has 1 rings (SSSR count). The maximum atomic E-state index is 11.0. The van der Waals surface area contributed by atoms with Gasteiger partial charge in [-0.3, -0.25) is 10.2 Å². The Kier molecular flexibility index (Phi) is 5.26. The van der Waals surface area contributed by atoms with E-state index < -0.39 is 0 Å². The Hall–Kier alpha value is -1.95. The molecule has 6 nitrogen and oxygen atoms in total. The molecule has 0 spiro atoms. The number of nitrogens with two attached hydrogens (primary N) is 1. The largest absolute Gasteiger partial charge is 0.493 e. The predicted molar refractivity (Wildman–Crippen MR) is 66.7 cm³/mol. The first kappa shape index (κ1) is 14.1. The van der Waals surface area contributed by atoms with Gasteiger partial charge in [-0.15, -0.1) is 0 Å². The highest BCUT2D eigenvalue weighted by atomic mass is 16.5. The summed E-state index contributed by atoms with van der Waals surface area (Å²) in [5.74, 6) is 6.31. The van der Waals surface area contributed by atoms with E-state index in [1.54, 1.807) is 14.2 Å². The van der Waals surface area contributed by atoms with Gasteiger partial charge in [0, 0.05) is 0 Å². The molecule has 0 aliphatic carbocycles. The molecule has 0 heterocycles. The zero-order valence-corrected chi connectivity index (χ0v) is 10.8. The molecular formula is C12H18N2O4. The smallest absolute Gasteiger partial charge is 0.237 e. The van der Waals surface area contributed by atoms with E-state index in [1.165, 1.54) is 0 Å². The van der Waals surface area contributed by atoms with E-state index in [0.717, 1.165) is 5.56 Å². The van der Waals surface area contributed by atoms with Crippen LogP contribution in [0.25, 0.3) is 0 Å². The van der Waals surface area contributed by atoms with Gasteiger partial charge >= 0.3 is 0 Å². The van der Waals surface area contributed by atoms with Crippen molar-refractivity contribution < 1.29 is 19.0 Å². The summed E-state index contributed by atoms with van der Waals surface area (Å²) in [7, 11) is 3.10. The molecular weight excluding hydrogens is 236 g/mol. The fourth-order valence-corrected chi connectivity index (χ4v) is 1.47. The van der Waals surface area contributed by atoms with E-state index >= 15 is 0 Å². The third-order valence-corrected chi connectivity index (χ3v) is 2.34. The van der Waals surface area contributed by atoms with Gasteiger partial charge in [-0.25, -0.2) is 5.84 Å². The minimum absolute atomic E-state index is 0.163. The highest BCUT2D eigenvalue weighted by molar-refractivity contribution is 5.75. The number of amides is 1. The Morgan fingerprint density at radius 3 is 2.28 bits per heavy atom. The van der Waals surface area contributed by atoms with E-state index in [0.29, 0.717) is 17.2 Å². The maximum absolute atomic E-state index is 11.0. The maximum Gasteiger partial charge on any atom is 0.237 e. The number of hydrogen-bond donors (Lipinski definition) is 2. The van der Waals surface area contributed by atoms with Gasteiger partial charge in [-0.1, -0.05) is 0 Å².